The molecular formula is C22H22FN3O5S. The summed E-state index contributed by atoms with van der Waals surface area (Å²) in [4.78, 5) is 12.7. The average Bonchev–Trinajstić information content (AvgIpc) is 3.31. The Balaban J connectivity index is 1.47. The summed E-state index contributed by atoms with van der Waals surface area (Å²) in [6.45, 7) is 2.51. The molecule has 0 unspecified atom stereocenters. The van der Waals surface area contributed by atoms with E-state index in [9.17, 15) is 17.6 Å². The van der Waals surface area contributed by atoms with E-state index in [0.717, 1.165) is 19.3 Å². The van der Waals surface area contributed by atoms with Gasteiger partial charge in [0.1, 0.15) is 5.82 Å². The number of piperidine rings is 1. The minimum absolute atomic E-state index is 0.0536. The van der Waals surface area contributed by atoms with Crippen LogP contribution < -0.4 is 0 Å². The molecule has 10 heteroatoms. The normalized spacial score (nSPS) is 15.9. The van der Waals surface area contributed by atoms with Crippen LogP contribution in [0, 0.1) is 5.82 Å². The highest BCUT2D eigenvalue weighted by Crippen LogP contribution is 2.25. The maximum atomic E-state index is 13.1. The molecule has 1 aliphatic heterocycles. The largest absolute Gasteiger partial charge is 0.449 e. The van der Waals surface area contributed by atoms with Gasteiger partial charge in [-0.2, -0.15) is 4.31 Å². The molecule has 2 heterocycles. The minimum atomic E-state index is -3.67. The van der Waals surface area contributed by atoms with Crippen molar-refractivity contribution in [2.24, 2.45) is 0 Å². The molecule has 0 aliphatic carbocycles. The van der Waals surface area contributed by atoms with E-state index in [1.807, 2.05) is 0 Å². The van der Waals surface area contributed by atoms with E-state index in [0.29, 0.717) is 18.7 Å². The first-order valence-corrected chi connectivity index (χ1v) is 11.7. The van der Waals surface area contributed by atoms with Crippen LogP contribution in [0.3, 0.4) is 0 Å². The Bertz CT molecular complexity index is 1200. The van der Waals surface area contributed by atoms with Crippen LogP contribution in [0.2, 0.25) is 0 Å². The molecule has 3 aromatic rings. The van der Waals surface area contributed by atoms with Gasteiger partial charge in [-0.25, -0.2) is 17.6 Å². The second-order valence-electron chi connectivity index (χ2n) is 7.49. The summed E-state index contributed by atoms with van der Waals surface area (Å²) < 4.78 is 51.2. The highest BCUT2D eigenvalue weighted by atomic mass is 32.2. The smallest absolute Gasteiger partial charge is 0.338 e. The number of carbonyl (C=O) groups is 1. The molecule has 4 rings (SSSR count). The van der Waals surface area contributed by atoms with E-state index in [4.69, 9.17) is 9.15 Å². The van der Waals surface area contributed by atoms with E-state index >= 15 is 0 Å². The van der Waals surface area contributed by atoms with E-state index in [1.54, 1.807) is 6.92 Å². The number of ether oxygens (including phenoxy) is 1. The SMILES string of the molecule is C[C@@H](OC(=O)c1cccc(S(=O)(=O)N2CCCCC2)c1)c1nnc(-c2ccc(F)cc2)o1. The van der Waals surface area contributed by atoms with Gasteiger partial charge in [-0.1, -0.05) is 12.5 Å². The van der Waals surface area contributed by atoms with Gasteiger partial charge < -0.3 is 9.15 Å². The number of carbonyl (C=O) groups excluding carboxylic acids is 1. The number of hydrogen-bond acceptors (Lipinski definition) is 7. The Morgan fingerprint density at radius 3 is 2.53 bits per heavy atom. The molecule has 32 heavy (non-hydrogen) atoms. The summed E-state index contributed by atoms with van der Waals surface area (Å²) in [6, 6.07) is 11.3. The zero-order chi connectivity index (χ0) is 22.7. The molecular weight excluding hydrogens is 437 g/mol. The van der Waals surface area contributed by atoms with Crippen molar-refractivity contribution in [1.82, 2.24) is 14.5 Å². The van der Waals surface area contributed by atoms with Crippen molar-refractivity contribution < 1.29 is 26.8 Å². The molecule has 1 aliphatic rings. The highest BCUT2D eigenvalue weighted by Gasteiger charge is 2.27. The lowest BCUT2D eigenvalue weighted by atomic mass is 10.2. The third kappa shape index (κ3) is 4.71. The van der Waals surface area contributed by atoms with Crippen LogP contribution in [-0.2, 0) is 14.8 Å². The predicted molar refractivity (Wildman–Crippen MR) is 113 cm³/mol. The first kappa shape index (κ1) is 22.1. The maximum Gasteiger partial charge on any atom is 0.338 e. The quantitative estimate of drug-likeness (QED) is 0.514. The van der Waals surface area contributed by atoms with Crippen molar-refractivity contribution in [3.05, 3.63) is 65.8 Å². The molecule has 0 saturated carbocycles. The Hall–Kier alpha value is -3.11. The van der Waals surface area contributed by atoms with Crippen molar-refractivity contribution in [2.45, 2.75) is 37.2 Å². The fourth-order valence-corrected chi connectivity index (χ4v) is 4.99. The van der Waals surface area contributed by atoms with E-state index in [1.165, 1.54) is 52.8 Å². The summed E-state index contributed by atoms with van der Waals surface area (Å²) in [5.41, 5.74) is 0.632. The number of sulfonamides is 1. The monoisotopic (exact) mass is 459 g/mol. The molecule has 1 saturated heterocycles. The van der Waals surface area contributed by atoms with Crippen LogP contribution in [0.5, 0.6) is 0 Å². The van der Waals surface area contributed by atoms with Crippen LogP contribution in [0.1, 0.15) is 48.5 Å². The molecule has 0 bridgehead atoms. The van der Waals surface area contributed by atoms with Gasteiger partial charge in [0.15, 0.2) is 6.10 Å². The molecule has 2 aromatic carbocycles. The van der Waals surface area contributed by atoms with Gasteiger partial charge in [0.25, 0.3) is 5.89 Å². The van der Waals surface area contributed by atoms with Gasteiger partial charge in [0.05, 0.1) is 10.5 Å². The van der Waals surface area contributed by atoms with Crippen LogP contribution in [-0.4, -0.2) is 42.0 Å². The standard InChI is InChI=1S/C22H22FN3O5S/c1-15(20-24-25-21(31-20)16-8-10-18(23)11-9-16)30-22(27)17-6-5-7-19(14-17)32(28,29)26-12-3-2-4-13-26/h5-11,14-15H,2-4,12-13H2,1H3/t15-/m1/s1. The van der Waals surface area contributed by atoms with Crippen LogP contribution >= 0.6 is 0 Å². The number of rotatable bonds is 6. The van der Waals surface area contributed by atoms with Gasteiger partial charge in [0, 0.05) is 18.7 Å². The lowest BCUT2D eigenvalue weighted by molar-refractivity contribution is 0.0279. The number of hydrogen-bond donors (Lipinski definition) is 0. The van der Waals surface area contributed by atoms with Gasteiger partial charge in [-0.3, -0.25) is 0 Å². The van der Waals surface area contributed by atoms with Crippen molar-refractivity contribution in [2.75, 3.05) is 13.1 Å². The number of esters is 1. The second kappa shape index (κ2) is 9.17. The summed E-state index contributed by atoms with van der Waals surface area (Å²) in [6.07, 6.45) is 1.78. The molecule has 1 atom stereocenters. The molecule has 168 valence electrons. The molecule has 1 aromatic heterocycles. The topological polar surface area (TPSA) is 103 Å². The first-order chi connectivity index (χ1) is 15.3. The predicted octanol–water partition coefficient (Wildman–Crippen LogP) is 3.97. The van der Waals surface area contributed by atoms with Gasteiger partial charge in [-0.15, -0.1) is 10.2 Å². The third-order valence-electron chi connectivity index (χ3n) is 5.19. The van der Waals surface area contributed by atoms with Crippen LogP contribution in [0.4, 0.5) is 4.39 Å². The van der Waals surface area contributed by atoms with Crippen molar-refractivity contribution >= 4 is 16.0 Å². The lowest BCUT2D eigenvalue weighted by Crippen LogP contribution is -2.35. The van der Waals surface area contributed by atoms with Crippen LogP contribution in [0.15, 0.2) is 57.8 Å². The Kier molecular flexibility index (Phi) is 6.33. The zero-order valence-corrected chi connectivity index (χ0v) is 18.2. The average molecular weight is 459 g/mol. The van der Waals surface area contributed by atoms with Gasteiger partial charge in [-0.05, 0) is 62.2 Å². The third-order valence-corrected chi connectivity index (χ3v) is 7.08. The summed E-state index contributed by atoms with van der Waals surface area (Å²) in [5, 5.41) is 7.79. The number of aromatic nitrogens is 2. The Morgan fingerprint density at radius 1 is 1.09 bits per heavy atom. The van der Waals surface area contributed by atoms with E-state index in [2.05, 4.69) is 10.2 Å². The maximum absolute atomic E-state index is 13.1. The number of nitrogens with zero attached hydrogens (tertiary/aromatic N) is 3. The fraction of sp³-hybridized carbons (Fsp3) is 0.318. The number of benzene rings is 2. The highest BCUT2D eigenvalue weighted by molar-refractivity contribution is 7.89. The van der Waals surface area contributed by atoms with E-state index < -0.39 is 22.1 Å². The number of halogens is 1. The lowest BCUT2D eigenvalue weighted by Gasteiger charge is -2.26. The second-order valence-corrected chi connectivity index (χ2v) is 9.43. The van der Waals surface area contributed by atoms with E-state index in [-0.39, 0.29) is 28.1 Å². The molecule has 0 spiro atoms. The zero-order valence-electron chi connectivity index (χ0n) is 17.4. The van der Waals surface area contributed by atoms with Crippen molar-refractivity contribution in [3.8, 4) is 11.5 Å². The van der Waals surface area contributed by atoms with Crippen molar-refractivity contribution in [3.63, 3.8) is 0 Å². The summed E-state index contributed by atoms with van der Waals surface area (Å²) in [5.74, 6) is -0.873. The Labute approximate surface area is 185 Å². The van der Waals surface area contributed by atoms with Gasteiger partial charge >= 0.3 is 5.97 Å². The minimum Gasteiger partial charge on any atom is -0.449 e. The first-order valence-electron chi connectivity index (χ1n) is 10.2. The molecule has 0 N–H and O–H groups in total. The summed E-state index contributed by atoms with van der Waals surface area (Å²) >= 11 is 0. The van der Waals surface area contributed by atoms with Crippen molar-refractivity contribution in [1.29, 1.82) is 0 Å². The molecule has 1 fully saturated rings. The van der Waals surface area contributed by atoms with Crippen LogP contribution in [0.25, 0.3) is 11.5 Å². The summed E-state index contributed by atoms with van der Waals surface area (Å²) in [7, 11) is -3.67. The molecule has 8 nitrogen and oxygen atoms in total. The molecule has 0 amide bonds. The van der Waals surface area contributed by atoms with Gasteiger partial charge in [0.2, 0.25) is 15.9 Å². The molecule has 0 radical (unpaired) electrons. The Morgan fingerprint density at radius 2 is 1.81 bits per heavy atom. The fourth-order valence-electron chi connectivity index (χ4n) is 3.42.